The maximum atomic E-state index is 6.81. The van der Waals surface area contributed by atoms with Crippen molar-refractivity contribution >= 4 is 43.7 Å². The lowest BCUT2D eigenvalue weighted by Crippen LogP contribution is -1.94. The molecule has 2 nitrogen and oxygen atoms in total. The smallest absolute Gasteiger partial charge is 0.159 e. The number of para-hydroxylation sites is 1. The van der Waals surface area contributed by atoms with Gasteiger partial charge >= 0.3 is 0 Å². The average Bonchev–Trinajstić information content (AvgIpc) is 3.82. The molecule has 0 N–H and O–H groups in total. The SMILES string of the molecule is c1ccc(-c2cccc(-c3cccc(-c4ccc5oc6c(-n7c8ccc(-c9ccccc9)cc8c8cc(-c9ccccc9)ccc87)cccc6c5c4)c3)c2)cc1. The first-order valence-corrected chi connectivity index (χ1v) is 19.2. The molecule has 2 heterocycles. The van der Waals surface area contributed by atoms with Gasteiger partial charge in [-0.25, -0.2) is 0 Å². The molecule has 0 atom stereocenters. The van der Waals surface area contributed by atoms with Crippen molar-refractivity contribution in [1.82, 2.24) is 4.57 Å². The highest BCUT2D eigenvalue weighted by molar-refractivity contribution is 6.14. The molecule has 0 aliphatic rings. The highest BCUT2D eigenvalue weighted by Gasteiger charge is 2.19. The molecule has 262 valence electrons. The van der Waals surface area contributed by atoms with Crippen molar-refractivity contribution in [2.75, 3.05) is 0 Å². The van der Waals surface area contributed by atoms with Crippen LogP contribution in [0.3, 0.4) is 0 Å². The normalized spacial score (nSPS) is 11.6. The molecule has 0 radical (unpaired) electrons. The largest absolute Gasteiger partial charge is 0.454 e. The van der Waals surface area contributed by atoms with Gasteiger partial charge in [-0.05, 0) is 110 Å². The minimum absolute atomic E-state index is 0.876. The molecule has 0 bridgehead atoms. The van der Waals surface area contributed by atoms with E-state index in [9.17, 15) is 0 Å². The number of nitrogens with zero attached hydrogens (tertiary/aromatic N) is 1. The van der Waals surface area contributed by atoms with Gasteiger partial charge in [-0.1, -0.05) is 158 Å². The van der Waals surface area contributed by atoms with Crippen LogP contribution in [-0.4, -0.2) is 4.57 Å². The maximum Gasteiger partial charge on any atom is 0.159 e. The first-order valence-electron chi connectivity index (χ1n) is 19.2. The van der Waals surface area contributed by atoms with Gasteiger partial charge in [0.2, 0.25) is 0 Å². The summed E-state index contributed by atoms with van der Waals surface area (Å²) in [6.07, 6.45) is 0. The molecule has 0 spiro atoms. The predicted octanol–water partition coefficient (Wildman–Crippen LogP) is 15.0. The number of benzene rings is 9. The van der Waals surface area contributed by atoms with E-state index in [1.54, 1.807) is 0 Å². The van der Waals surface area contributed by atoms with E-state index in [1.807, 2.05) is 0 Å². The Balaban J connectivity index is 1.05. The topological polar surface area (TPSA) is 18.1 Å². The van der Waals surface area contributed by atoms with Crippen LogP contribution in [-0.2, 0) is 0 Å². The van der Waals surface area contributed by atoms with E-state index < -0.39 is 0 Å². The van der Waals surface area contributed by atoms with Crippen molar-refractivity contribution in [2.24, 2.45) is 0 Å². The number of aromatic nitrogens is 1. The zero-order valence-corrected chi connectivity index (χ0v) is 30.6. The highest BCUT2D eigenvalue weighted by atomic mass is 16.3. The highest BCUT2D eigenvalue weighted by Crippen LogP contribution is 2.41. The molecule has 0 aliphatic heterocycles. The molecular formula is C54H35NO. The summed E-state index contributed by atoms with van der Waals surface area (Å²) in [5.41, 5.74) is 17.0. The standard InChI is InChI=1S/C54H35NO/c1-4-13-36(14-5-1)39-19-10-20-40(31-39)41-21-11-22-42(32-41)45-27-30-53-49(35-45)46-23-12-24-52(54(46)56-53)55-50-28-25-43(37-15-6-2-7-16-37)33-47(50)48-34-44(26-29-51(48)55)38-17-8-3-9-18-38/h1-35H. The Morgan fingerprint density at radius 1 is 0.268 bits per heavy atom. The lowest BCUT2D eigenvalue weighted by atomic mass is 9.96. The van der Waals surface area contributed by atoms with Crippen LogP contribution in [0.25, 0.3) is 105 Å². The summed E-state index contributed by atoms with van der Waals surface area (Å²) in [6, 6.07) is 76.3. The van der Waals surface area contributed by atoms with E-state index in [2.05, 4.69) is 217 Å². The average molecular weight is 714 g/mol. The fraction of sp³-hybridized carbons (Fsp3) is 0. The Labute approximate surface area is 325 Å². The van der Waals surface area contributed by atoms with Crippen LogP contribution < -0.4 is 0 Å². The fourth-order valence-electron chi connectivity index (χ4n) is 8.43. The fourth-order valence-corrected chi connectivity index (χ4v) is 8.43. The molecule has 56 heavy (non-hydrogen) atoms. The second-order valence-corrected chi connectivity index (χ2v) is 14.5. The summed E-state index contributed by atoms with van der Waals surface area (Å²) in [5, 5.41) is 4.63. The minimum Gasteiger partial charge on any atom is -0.454 e. The van der Waals surface area contributed by atoms with Crippen LogP contribution in [0.15, 0.2) is 217 Å². The van der Waals surface area contributed by atoms with Crippen molar-refractivity contribution in [3.63, 3.8) is 0 Å². The third-order valence-corrected chi connectivity index (χ3v) is 11.2. The summed E-state index contributed by atoms with van der Waals surface area (Å²) in [5.74, 6) is 0. The first-order chi connectivity index (χ1) is 27.7. The Hall–Kier alpha value is -7.42. The number of furan rings is 1. The molecule has 0 unspecified atom stereocenters. The number of hydrogen-bond acceptors (Lipinski definition) is 1. The van der Waals surface area contributed by atoms with Crippen molar-refractivity contribution in [2.45, 2.75) is 0 Å². The van der Waals surface area contributed by atoms with E-state index in [4.69, 9.17) is 4.42 Å². The Morgan fingerprint density at radius 2 is 0.661 bits per heavy atom. The predicted molar refractivity (Wildman–Crippen MR) is 235 cm³/mol. The molecular weight excluding hydrogens is 679 g/mol. The summed E-state index contributed by atoms with van der Waals surface area (Å²) < 4.78 is 9.19. The van der Waals surface area contributed by atoms with Crippen molar-refractivity contribution in [1.29, 1.82) is 0 Å². The lowest BCUT2D eigenvalue weighted by molar-refractivity contribution is 0.666. The Morgan fingerprint density at radius 3 is 1.18 bits per heavy atom. The monoisotopic (exact) mass is 713 g/mol. The van der Waals surface area contributed by atoms with Gasteiger partial charge in [-0.15, -0.1) is 0 Å². The van der Waals surface area contributed by atoms with Gasteiger partial charge < -0.3 is 8.98 Å². The lowest BCUT2D eigenvalue weighted by Gasteiger charge is -2.09. The molecule has 2 heteroatoms. The van der Waals surface area contributed by atoms with Gasteiger partial charge in [0.25, 0.3) is 0 Å². The van der Waals surface area contributed by atoms with E-state index in [0.717, 1.165) is 44.2 Å². The summed E-state index contributed by atoms with van der Waals surface area (Å²) in [6.45, 7) is 0. The third-order valence-electron chi connectivity index (χ3n) is 11.2. The zero-order chi connectivity index (χ0) is 37.0. The molecule has 2 aromatic heterocycles. The van der Waals surface area contributed by atoms with Gasteiger partial charge in [-0.2, -0.15) is 0 Å². The number of hydrogen-bond donors (Lipinski definition) is 0. The molecule has 0 amide bonds. The van der Waals surface area contributed by atoms with Gasteiger partial charge in [0.1, 0.15) is 5.58 Å². The Kier molecular flexibility index (Phi) is 7.53. The molecule has 11 rings (SSSR count). The van der Waals surface area contributed by atoms with Crippen LogP contribution in [0.2, 0.25) is 0 Å². The summed E-state index contributed by atoms with van der Waals surface area (Å²) in [4.78, 5) is 0. The van der Waals surface area contributed by atoms with Crippen LogP contribution in [0.5, 0.6) is 0 Å². The van der Waals surface area contributed by atoms with Crippen LogP contribution >= 0.6 is 0 Å². The van der Waals surface area contributed by atoms with E-state index in [-0.39, 0.29) is 0 Å². The van der Waals surface area contributed by atoms with E-state index >= 15 is 0 Å². The van der Waals surface area contributed by atoms with Crippen molar-refractivity contribution < 1.29 is 4.42 Å². The maximum absolute atomic E-state index is 6.81. The minimum atomic E-state index is 0.876. The molecule has 0 aliphatic carbocycles. The third kappa shape index (κ3) is 5.42. The van der Waals surface area contributed by atoms with Gasteiger partial charge in [0, 0.05) is 21.5 Å². The van der Waals surface area contributed by atoms with Gasteiger partial charge in [0.05, 0.1) is 16.7 Å². The Bertz CT molecular complexity index is 3130. The number of rotatable bonds is 6. The zero-order valence-electron chi connectivity index (χ0n) is 30.6. The van der Waals surface area contributed by atoms with Gasteiger partial charge in [-0.3, -0.25) is 0 Å². The summed E-state index contributed by atoms with van der Waals surface area (Å²) >= 11 is 0. The first kappa shape index (κ1) is 32.0. The summed E-state index contributed by atoms with van der Waals surface area (Å²) in [7, 11) is 0. The second kappa shape index (κ2) is 13.2. The van der Waals surface area contributed by atoms with E-state index in [1.165, 1.54) is 60.8 Å². The van der Waals surface area contributed by atoms with Crippen LogP contribution in [0.4, 0.5) is 0 Å². The molecule has 0 saturated heterocycles. The van der Waals surface area contributed by atoms with Crippen LogP contribution in [0.1, 0.15) is 0 Å². The quantitative estimate of drug-likeness (QED) is 0.168. The van der Waals surface area contributed by atoms with Crippen LogP contribution in [0, 0.1) is 0 Å². The molecule has 0 fully saturated rings. The van der Waals surface area contributed by atoms with E-state index in [0.29, 0.717) is 0 Å². The molecule has 0 saturated carbocycles. The second-order valence-electron chi connectivity index (χ2n) is 14.5. The van der Waals surface area contributed by atoms with Gasteiger partial charge in [0.15, 0.2) is 5.58 Å². The molecule has 11 aromatic rings. The van der Waals surface area contributed by atoms with Crippen molar-refractivity contribution in [3.05, 3.63) is 212 Å². The number of fused-ring (bicyclic) bond motifs is 6. The molecule has 9 aromatic carbocycles. The van der Waals surface area contributed by atoms with Crippen molar-refractivity contribution in [3.8, 4) is 61.3 Å².